The number of anilines is 1. The van der Waals surface area contributed by atoms with Crippen LogP contribution in [0.3, 0.4) is 0 Å². The Hall–Kier alpha value is -2.36. The van der Waals surface area contributed by atoms with Crippen molar-refractivity contribution in [1.82, 2.24) is 0 Å². The molecule has 104 valence electrons. The molecule has 1 unspecified atom stereocenters. The molecular formula is C16H16FNO2. The second-order valence-corrected chi connectivity index (χ2v) is 4.66. The van der Waals surface area contributed by atoms with Crippen LogP contribution in [0.2, 0.25) is 0 Å². The van der Waals surface area contributed by atoms with Crippen LogP contribution in [0.15, 0.2) is 48.5 Å². The van der Waals surface area contributed by atoms with Crippen molar-refractivity contribution in [1.29, 1.82) is 0 Å². The Morgan fingerprint density at radius 2 is 1.75 bits per heavy atom. The second-order valence-electron chi connectivity index (χ2n) is 4.66. The minimum absolute atomic E-state index is 0.262. The fourth-order valence-electron chi connectivity index (χ4n) is 1.84. The Morgan fingerprint density at radius 1 is 1.15 bits per heavy atom. The van der Waals surface area contributed by atoms with Crippen molar-refractivity contribution in [2.45, 2.75) is 19.4 Å². The molecule has 0 saturated heterocycles. The van der Waals surface area contributed by atoms with Gasteiger partial charge in [0, 0.05) is 12.2 Å². The van der Waals surface area contributed by atoms with E-state index in [2.05, 4.69) is 5.32 Å². The molecule has 0 aliphatic heterocycles. The van der Waals surface area contributed by atoms with Gasteiger partial charge in [0.2, 0.25) is 0 Å². The number of aliphatic carboxylic acids is 1. The average molecular weight is 273 g/mol. The maximum atomic E-state index is 12.8. The smallest absolute Gasteiger partial charge is 0.310 e. The van der Waals surface area contributed by atoms with Gasteiger partial charge in [0.25, 0.3) is 0 Å². The van der Waals surface area contributed by atoms with Crippen LogP contribution in [0.25, 0.3) is 0 Å². The van der Waals surface area contributed by atoms with Crippen molar-refractivity contribution in [2.24, 2.45) is 0 Å². The number of rotatable bonds is 5. The van der Waals surface area contributed by atoms with E-state index >= 15 is 0 Å². The van der Waals surface area contributed by atoms with E-state index in [1.54, 1.807) is 19.1 Å². The van der Waals surface area contributed by atoms with E-state index in [0.29, 0.717) is 6.54 Å². The highest BCUT2D eigenvalue weighted by atomic mass is 19.1. The first-order valence-corrected chi connectivity index (χ1v) is 6.37. The minimum Gasteiger partial charge on any atom is -0.481 e. The number of carboxylic acid groups (broad SMARTS) is 1. The lowest BCUT2D eigenvalue weighted by Crippen LogP contribution is -2.07. The van der Waals surface area contributed by atoms with Crippen molar-refractivity contribution in [3.63, 3.8) is 0 Å². The summed E-state index contributed by atoms with van der Waals surface area (Å²) in [5.74, 6) is -1.60. The molecule has 3 nitrogen and oxygen atoms in total. The van der Waals surface area contributed by atoms with Crippen molar-refractivity contribution in [3.8, 4) is 0 Å². The first-order valence-electron chi connectivity index (χ1n) is 6.37. The molecule has 0 bridgehead atoms. The number of halogens is 1. The highest BCUT2D eigenvalue weighted by molar-refractivity contribution is 5.75. The first-order chi connectivity index (χ1) is 9.56. The third-order valence-corrected chi connectivity index (χ3v) is 3.19. The van der Waals surface area contributed by atoms with Gasteiger partial charge in [-0.25, -0.2) is 4.39 Å². The Labute approximate surface area is 117 Å². The summed E-state index contributed by atoms with van der Waals surface area (Å²) in [7, 11) is 0. The molecule has 0 saturated carbocycles. The van der Waals surface area contributed by atoms with E-state index < -0.39 is 11.9 Å². The number of carboxylic acids is 1. The third-order valence-electron chi connectivity index (χ3n) is 3.19. The molecule has 4 heteroatoms. The van der Waals surface area contributed by atoms with Crippen LogP contribution in [-0.4, -0.2) is 11.1 Å². The fraction of sp³-hybridized carbons (Fsp3) is 0.188. The molecule has 2 aromatic rings. The Morgan fingerprint density at radius 3 is 2.30 bits per heavy atom. The zero-order chi connectivity index (χ0) is 14.5. The van der Waals surface area contributed by atoms with E-state index in [-0.39, 0.29) is 5.82 Å². The lowest BCUT2D eigenvalue weighted by atomic mass is 10.00. The molecule has 20 heavy (non-hydrogen) atoms. The van der Waals surface area contributed by atoms with Gasteiger partial charge in [-0.3, -0.25) is 4.79 Å². The summed E-state index contributed by atoms with van der Waals surface area (Å²) in [4.78, 5) is 10.9. The summed E-state index contributed by atoms with van der Waals surface area (Å²) >= 11 is 0. The van der Waals surface area contributed by atoms with Crippen LogP contribution < -0.4 is 5.32 Å². The largest absolute Gasteiger partial charge is 0.481 e. The SMILES string of the molecule is CC(C(=O)O)c1ccc(CNc2ccc(F)cc2)cc1. The first kappa shape index (κ1) is 14.1. The van der Waals surface area contributed by atoms with E-state index in [0.717, 1.165) is 16.8 Å². The Balaban J connectivity index is 1.97. The van der Waals surface area contributed by atoms with E-state index in [1.807, 2.05) is 24.3 Å². The van der Waals surface area contributed by atoms with Gasteiger partial charge in [0.15, 0.2) is 0 Å². The van der Waals surface area contributed by atoms with Crippen LogP contribution in [-0.2, 0) is 11.3 Å². The van der Waals surface area contributed by atoms with Gasteiger partial charge >= 0.3 is 5.97 Å². The van der Waals surface area contributed by atoms with Crippen LogP contribution in [0.1, 0.15) is 24.0 Å². The lowest BCUT2D eigenvalue weighted by Gasteiger charge is -2.09. The summed E-state index contributed by atoms with van der Waals surface area (Å²) in [5.41, 5.74) is 2.66. The van der Waals surface area contributed by atoms with Gasteiger partial charge < -0.3 is 10.4 Å². The highest BCUT2D eigenvalue weighted by Gasteiger charge is 2.12. The zero-order valence-electron chi connectivity index (χ0n) is 11.1. The minimum atomic E-state index is -0.831. The third kappa shape index (κ3) is 3.57. The van der Waals surface area contributed by atoms with Crippen molar-refractivity contribution < 1.29 is 14.3 Å². The maximum Gasteiger partial charge on any atom is 0.310 e. The zero-order valence-corrected chi connectivity index (χ0v) is 11.1. The topological polar surface area (TPSA) is 49.3 Å². The average Bonchev–Trinajstić information content (AvgIpc) is 2.46. The maximum absolute atomic E-state index is 12.8. The summed E-state index contributed by atoms with van der Waals surface area (Å²) < 4.78 is 12.8. The van der Waals surface area contributed by atoms with Gasteiger partial charge in [0.1, 0.15) is 5.82 Å². The fourth-order valence-corrected chi connectivity index (χ4v) is 1.84. The van der Waals surface area contributed by atoms with Gasteiger partial charge in [-0.05, 0) is 42.3 Å². The monoisotopic (exact) mass is 273 g/mol. The molecule has 0 spiro atoms. The molecule has 0 amide bonds. The van der Waals surface area contributed by atoms with Crippen LogP contribution >= 0.6 is 0 Å². The summed E-state index contributed by atoms with van der Waals surface area (Å²) in [6, 6.07) is 13.6. The molecule has 0 fully saturated rings. The molecular weight excluding hydrogens is 257 g/mol. The molecule has 2 rings (SSSR count). The van der Waals surface area contributed by atoms with Crippen LogP contribution in [0, 0.1) is 5.82 Å². The molecule has 2 aromatic carbocycles. The summed E-state index contributed by atoms with van der Waals surface area (Å²) in [5, 5.41) is 12.1. The van der Waals surface area contributed by atoms with E-state index in [9.17, 15) is 9.18 Å². The summed E-state index contributed by atoms with van der Waals surface area (Å²) in [6.45, 7) is 2.27. The normalized spacial score (nSPS) is 11.9. The predicted octanol–water partition coefficient (Wildman–Crippen LogP) is 3.63. The number of benzene rings is 2. The molecule has 0 aliphatic rings. The summed E-state index contributed by atoms with van der Waals surface area (Å²) in [6.07, 6.45) is 0. The molecule has 0 aliphatic carbocycles. The van der Waals surface area contributed by atoms with Gasteiger partial charge in [-0.2, -0.15) is 0 Å². The lowest BCUT2D eigenvalue weighted by molar-refractivity contribution is -0.138. The standard InChI is InChI=1S/C16H16FNO2/c1-11(16(19)20)13-4-2-12(3-5-13)10-18-15-8-6-14(17)7-9-15/h2-9,11,18H,10H2,1H3,(H,19,20). The quantitative estimate of drug-likeness (QED) is 0.874. The van der Waals surface area contributed by atoms with E-state index in [4.69, 9.17) is 5.11 Å². The molecule has 0 radical (unpaired) electrons. The van der Waals surface area contributed by atoms with Crippen molar-refractivity contribution >= 4 is 11.7 Å². The number of hydrogen-bond donors (Lipinski definition) is 2. The van der Waals surface area contributed by atoms with E-state index in [1.165, 1.54) is 12.1 Å². The molecule has 0 aromatic heterocycles. The van der Waals surface area contributed by atoms with Gasteiger partial charge in [-0.15, -0.1) is 0 Å². The van der Waals surface area contributed by atoms with Crippen molar-refractivity contribution in [2.75, 3.05) is 5.32 Å². The number of carbonyl (C=O) groups is 1. The number of hydrogen-bond acceptors (Lipinski definition) is 2. The Bertz CT molecular complexity index is 578. The highest BCUT2D eigenvalue weighted by Crippen LogP contribution is 2.17. The Kier molecular flexibility index (Phi) is 4.35. The molecule has 2 N–H and O–H groups in total. The van der Waals surface area contributed by atoms with Gasteiger partial charge in [0.05, 0.1) is 5.92 Å². The second kappa shape index (κ2) is 6.19. The predicted molar refractivity (Wildman–Crippen MR) is 76.2 cm³/mol. The number of nitrogens with one attached hydrogen (secondary N) is 1. The van der Waals surface area contributed by atoms with Crippen molar-refractivity contribution in [3.05, 3.63) is 65.5 Å². The van der Waals surface area contributed by atoms with Crippen LogP contribution in [0.5, 0.6) is 0 Å². The molecule has 1 atom stereocenters. The molecule has 0 heterocycles. The van der Waals surface area contributed by atoms with Crippen LogP contribution in [0.4, 0.5) is 10.1 Å². The van der Waals surface area contributed by atoms with Gasteiger partial charge in [-0.1, -0.05) is 24.3 Å².